The molecule has 0 radical (unpaired) electrons. The highest BCUT2D eigenvalue weighted by molar-refractivity contribution is 5.73. The van der Waals surface area contributed by atoms with Gasteiger partial charge in [-0.25, -0.2) is 4.79 Å². The highest BCUT2D eigenvalue weighted by atomic mass is 16.5. The Morgan fingerprint density at radius 2 is 2.19 bits per heavy atom. The third kappa shape index (κ3) is 4.70. The van der Waals surface area contributed by atoms with E-state index < -0.39 is 5.60 Å². The number of aliphatic hydroxyl groups is 1. The largest absolute Gasteiger partial charge is 0.388 e. The second-order valence-corrected chi connectivity index (χ2v) is 5.99. The summed E-state index contributed by atoms with van der Waals surface area (Å²) >= 11 is 0. The summed E-state index contributed by atoms with van der Waals surface area (Å²) in [6, 6.07) is -0.247. The fraction of sp³-hybridized carbons (Fsp3) is 0.786. The monoisotopic (exact) mass is 296 g/mol. The summed E-state index contributed by atoms with van der Waals surface area (Å²) in [7, 11) is 0. The van der Waals surface area contributed by atoms with Gasteiger partial charge in [0.25, 0.3) is 0 Å². The minimum atomic E-state index is -0.686. The number of nitrogens with zero attached hydrogens (tertiary/aromatic N) is 2. The van der Waals surface area contributed by atoms with Crippen LogP contribution in [0.15, 0.2) is 4.52 Å². The number of nitrogens with one attached hydrogen (secondary N) is 2. The van der Waals surface area contributed by atoms with Gasteiger partial charge >= 0.3 is 6.03 Å². The van der Waals surface area contributed by atoms with Crippen LogP contribution in [0, 0.1) is 0 Å². The lowest BCUT2D eigenvalue weighted by atomic mass is 9.80. The number of amides is 2. The van der Waals surface area contributed by atoms with E-state index in [1.807, 2.05) is 13.8 Å². The van der Waals surface area contributed by atoms with Crippen LogP contribution < -0.4 is 10.6 Å². The number of aromatic nitrogens is 2. The van der Waals surface area contributed by atoms with Crippen molar-refractivity contribution in [3.05, 3.63) is 11.7 Å². The van der Waals surface area contributed by atoms with Crippen molar-refractivity contribution < 1.29 is 14.4 Å². The van der Waals surface area contributed by atoms with E-state index in [9.17, 15) is 9.90 Å². The number of aryl methyl sites for hydroxylation is 1. The van der Waals surface area contributed by atoms with E-state index in [1.54, 1.807) is 0 Å². The topological polar surface area (TPSA) is 100 Å². The summed E-state index contributed by atoms with van der Waals surface area (Å²) in [5.41, 5.74) is -0.686. The number of urea groups is 1. The molecule has 0 atom stereocenters. The van der Waals surface area contributed by atoms with Crippen molar-refractivity contribution in [2.45, 2.75) is 57.5 Å². The Labute approximate surface area is 124 Å². The quantitative estimate of drug-likeness (QED) is 0.659. The van der Waals surface area contributed by atoms with E-state index in [1.165, 1.54) is 0 Å². The minimum Gasteiger partial charge on any atom is -0.388 e. The fourth-order valence-corrected chi connectivity index (χ4v) is 2.11. The van der Waals surface area contributed by atoms with E-state index in [-0.39, 0.29) is 11.9 Å². The molecule has 0 bridgehead atoms. The zero-order valence-electron chi connectivity index (χ0n) is 12.7. The summed E-state index contributed by atoms with van der Waals surface area (Å²) in [5, 5.41) is 19.2. The van der Waals surface area contributed by atoms with E-state index in [2.05, 4.69) is 20.8 Å². The van der Waals surface area contributed by atoms with Crippen molar-refractivity contribution in [2.75, 3.05) is 13.1 Å². The second-order valence-electron chi connectivity index (χ2n) is 5.99. The SMILES string of the molecule is CC(C)c1noc(CCCNC(=O)NCC2(O)CCC2)n1. The summed E-state index contributed by atoms with van der Waals surface area (Å²) in [4.78, 5) is 15.8. The minimum absolute atomic E-state index is 0.247. The molecule has 0 unspecified atom stereocenters. The van der Waals surface area contributed by atoms with Crippen LogP contribution in [0.4, 0.5) is 4.79 Å². The smallest absolute Gasteiger partial charge is 0.314 e. The van der Waals surface area contributed by atoms with Crippen LogP contribution >= 0.6 is 0 Å². The number of carbonyl (C=O) groups is 1. The third-order valence-corrected chi connectivity index (χ3v) is 3.72. The number of hydrogen-bond donors (Lipinski definition) is 3. The predicted molar refractivity (Wildman–Crippen MR) is 76.9 cm³/mol. The molecular weight excluding hydrogens is 272 g/mol. The molecule has 1 saturated carbocycles. The van der Waals surface area contributed by atoms with Crippen LogP contribution in [0.25, 0.3) is 0 Å². The molecule has 1 aliphatic carbocycles. The Balaban J connectivity index is 1.57. The maximum atomic E-state index is 11.5. The summed E-state index contributed by atoms with van der Waals surface area (Å²) < 4.78 is 5.12. The van der Waals surface area contributed by atoms with Crippen molar-refractivity contribution in [3.63, 3.8) is 0 Å². The van der Waals surface area contributed by atoms with Gasteiger partial charge in [0.2, 0.25) is 5.89 Å². The molecule has 1 aromatic heterocycles. The van der Waals surface area contributed by atoms with Gasteiger partial charge in [-0.3, -0.25) is 0 Å². The van der Waals surface area contributed by atoms with Crippen LogP contribution in [0.5, 0.6) is 0 Å². The second kappa shape index (κ2) is 6.89. The molecule has 0 spiro atoms. The molecule has 1 fully saturated rings. The normalized spacial score (nSPS) is 16.6. The average Bonchev–Trinajstić information content (AvgIpc) is 2.88. The maximum absolute atomic E-state index is 11.5. The summed E-state index contributed by atoms with van der Waals surface area (Å²) in [6.07, 6.45) is 3.94. The lowest BCUT2D eigenvalue weighted by Crippen LogP contribution is -2.50. The first-order valence-corrected chi connectivity index (χ1v) is 7.55. The highest BCUT2D eigenvalue weighted by Crippen LogP contribution is 2.30. The Bertz CT molecular complexity index is 469. The Kier molecular flexibility index (Phi) is 5.17. The zero-order valence-corrected chi connectivity index (χ0v) is 12.7. The van der Waals surface area contributed by atoms with E-state index >= 15 is 0 Å². The van der Waals surface area contributed by atoms with Crippen molar-refractivity contribution in [1.82, 2.24) is 20.8 Å². The van der Waals surface area contributed by atoms with Gasteiger partial charge in [0, 0.05) is 25.4 Å². The van der Waals surface area contributed by atoms with Crippen LogP contribution in [0.2, 0.25) is 0 Å². The standard InChI is InChI=1S/C14H24N4O3/c1-10(2)12-17-11(21-18-12)5-3-8-15-13(19)16-9-14(20)6-4-7-14/h10,20H,3-9H2,1-2H3,(H2,15,16,19). The third-order valence-electron chi connectivity index (χ3n) is 3.72. The van der Waals surface area contributed by atoms with Gasteiger partial charge in [0.15, 0.2) is 5.82 Å². The first kappa shape index (κ1) is 15.8. The Morgan fingerprint density at radius 3 is 2.76 bits per heavy atom. The summed E-state index contributed by atoms with van der Waals surface area (Å²) in [5.74, 6) is 1.57. The van der Waals surface area contributed by atoms with Gasteiger partial charge in [-0.05, 0) is 25.7 Å². The first-order valence-electron chi connectivity index (χ1n) is 7.55. The molecule has 21 heavy (non-hydrogen) atoms. The molecule has 0 aliphatic heterocycles. The number of rotatable bonds is 7. The van der Waals surface area contributed by atoms with Gasteiger partial charge in [-0.1, -0.05) is 19.0 Å². The van der Waals surface area contributed by atoms with Crippen molar-refractivity contribution in [1.29, 1.82) is 0 Å². The number of hydrogen-bond acceptors (Lipinski definition) is 5. The molecule has 1 aliphatic rings. The Morgan fingerprint density at radius 1 is 1.43 bits per heavy atom. The molecule has 2 rings (SSSR count). The first-order chi connectivity index (χ1) is 9.98. The molecule has 0 aromatic carbocycles. The van der Waals surface area contributed by atoms with Gasteiger partial charge in [0.1, 0.15) is 0 Å². The van der Waals surface area contributed by atoms with Crippen molar-refractivity contribution in [3.8, 4) is 0 Å². The van der Waals surface area contributed by atoms with Crippen LogP contribution in [-0.2, 0) is 6.42 Å². The molecule has 118 valence electrons. The molecule has 1 aromatic rings. The molecule has 1 heterocycles. The maximum Gasteiger partial charge on any atom is 0.314 e. The van der Waals surface area contributed by atoms with E-state index in [0.717, 1.165) is 25.7 Å². The van der Waals surface area contributed by atoms with Gasteiger partial charge in [-0.15, -0.1) is 0 Å². The van der Waals surface area contributed by atoms with Gasteiger partial charge in [-0.2, -0.15) is 4.98 Å². The molecule has 2 amide bonds. The predicted octanol–water partition coefficient (Wildman–Crippen LogP) is 1.34. The van der Waals surface area contributed by atoms with Gasteiger partial charge in [0.05, 0.1) is 5.60 Å². The van der Waals surface area contributed by atoms with E-state index in [0.29, 0.717) is 31.2 Å². The summed E-state index contributed by atoms with van der Waals surface area (Å²) in [6.45, 7) is 4.87. The van der Waals surface area contributed by atoms with Crippen LogP contribution in [0.3, 0.4) is 0 Å². The molecule has 7 nitrogen and oxygen atoms in total. The molecular formula is C14H24N4O3. The van der Waals surface area contributed by atoms with Crippen molar-refractivity contribution in [2.24, 2.45) is 0 Å². The number of carbonyl (C=O) groups excluding carboxylic acids is 1. The molecule has 3 N–H and O–H groups in total. The Hall–Kier alpha value is -1.63. The molecule has 7 heteroatoms. The lowest BCUT2D eigenvalue weighted by Gasteiger charge is -2.36. The lowest BCUT2D eigenvalue weighted by molar-refractivity contribution is -0.0290. The fourth-order valence-electron chi connectivity index (χ4n) is 2.11. The van der Waals surface area contributed by atoms with Gasteiger partial charge < -0.3 is 20.3 Å². The molecule has 0 saturated heterocycles. The van der Waals surface area contributed by atoms with E-state index in [4.69, 9.17) is 4.52 Å². The van der Waals surface area contributed by atoms with Crippen LogP contribution in [-0.4, -0.2) is 40.0 Å². The average molecular weight is 296 g/mol. The van der Waals surface area contributed by atoms with Crippen molar-refractivity contribution >= 4 is 6.03 Å². The zero-order chi connectivity index (χ0) is 15.3. The van der Waals surface area contributed by atoms with Crippen LogP contribution in [0.1, 0.15) is 57.2 Å². The highest BCUT2D eigenvalue weighted by Gasteiger charge is 2.34.